The van der Waals surface area contributed by atoms with E-state index >= 15 is 0 Å². The standard InChI is InChI=1S/C16H24ClN3/c1-4-18-15(20-12(2)3)19-11-16(8-9-16)13-6-5-7-14(17)10-13/h5-7,10,12H,4,8-9,11H2,1-3H3,(H2,18,19,20). The molecule has 1 aliphatic carbocycles. The van der Waals surface area contributed by atoms with Crippen LogP contribution in [0.1, 0.15) is 39.2 Å². The maximum Gasteiger partial charge on any atom is 0.191 e. The van der Waals surface area contributed by atoms with Crippen molar-refractivity contribution >= 4 is 17.6 Å². The number of nitrogens with one attached hydrogen (secondary N) is 2. The first-order chi connectivity index (χ1) is 9.55. The van der Waals surface area contributed by atoms with Gasteiger partial charge in [0.1, 0.15) is 0 Å². The second-order valence-electron chi connectivity index (χ2n) is 5.78. The molecule has 20 heavy (non-hydrogen) atoms. The van der Waals surface area contributed by atoms with Gasteiger partial charge in [0.05, 0.1) is 6.54 Å². The molecule has 4 heteroatoms. The fourth-order valence-corrected chi connectivity index (χ4v) is 2.52. The number of aliphatic imine (C=N–C) groups is 1. The van der Waals surface area contributed by atoms with Gasteiger partial charge in [-0.25, -0.2) is 0 Å². The summed E-state index contributed by atoms with van der Waals surface area (Å²) in [5, 5.41) is 7.46. The minimum atomic E-state index is 0.199. The number of guanidine groups is 1. The summed E-state index contributed by atoms with van der Waals surface area (Å²) in [5.74, 6) is 0.899. The van der Waals surface area contributed by atoms with Crippen LogP contribution in [0.3, 0.4) is 0 Å². The third-order valence-corrected chi connectivity index (χ3v) is 3.84. The van der Waals surface area contributed by atoms with E-state index in [0.717, 1.165) is 24.1 Å². The Kier molecular flexibility index (Phi) is 4.92. The van der Waals surface area contributed by atoms with Gasteiger partial charge in [-0.3, -0.25) is 4.99 Å². The molecule has 0 saturated heterocycles. The van der Waals surface area contributed by atoms with Gasteiger partial charge in [0.2, 0.25) is 0 Å². The second kappa shape index (κ2) is 6.49. The van der Waals surface area contributed by atoms with Crippen molar-refractivity contribution < 1.29 is 0 Å². The van der Waals surface area contributed by atoms with Crippen molar-refractivity contribution in [3.63, 3.8) is 0 Å². The number of nitrogens with zero attached hydrogens (tertiary/aromatic N) is 1. The van der Waals surface area contributed by atoms with Crippen molar-refractivity contribution in [3.05, 3.63) is 34.9 Å². The fourth-order valence-electron chi connectivity index (χ4n) is 2.33. The summed E-state index contributed by atoms with van der Waals surface area (Å²) in [6.07, 6.45) is 2.38. The molecule has 0 atom stereocenters. The number of hydrogen-bond acceptors (Lipinski definition) is 1. The summed E-state index contributed by atoms with van der Waals surface area (Å²) < 4.78 is 0. The molecule has 1 aromatic rings. The zero-order chi connectivity index (χ0) is 14.6. The smallest absolute Gasteiger partial charge is 0.191 e. The van der Waals surface area contributed by atoms with E-state index in [0.29, 0.717) is 6.04 Å². The van der Waals surface area contributed by atoms with Crippen LogP contribution in [-0.2, 0) is 5.41 Å². The first-order valence-electron chi connectivity index (χ1n) is 7.36. The van der Waals surface area contributed by atoms with Crippen LogP contribution >= 0.6 is 11.6 Å². The lowest BCUT2D eigenvalue weighted by Crippen LogP contribution is -2.41. The Balaban J connectivity index is 2.07. The van der Waals surface area contributed by atoms with Gasteiger partial charge in [-0.2, -0.15) is 0 Å². The largest absolute Gasteiger partial charge is 0.357 e. The molecular formula is C16H24ClN3. The molecule has 110 valence electrons. The molecule has 0 bridgehead atoms. The molecule has 0 amide bonds. The van der Waals surface area contributed by atoms with Crippen molar-refractivity contribution in [1.29, 1.82) is 0 Å². The normalized spacial score (nSPS) is 17.1. The molecular weight excluding hydrogens is 270 g/mol. The summed E-state index contributed by atoms with van der Waals surface area (Å²) in [6, 6.07) is 8.58. The highest BCUT2D eigenvalue weighted by molar-refractivity contribution is 6.30. The molecule has 0 unspecified atom stereocenters. The van der Waals surface area contributed by atoms with Crippen LogP contribution in [0.25, 0.3) is 0 Å². The molecule has 0 aromatic heterocycles. The Morgan fingerprint density at radius 1 is 1.40 bits per heavy atom. The lowest BCUT2D eigenvalue weighted by molar-refractivity contribution is 0.670. The van der Waals surface area contributed by atoms with Gasteiger partial charge in [0, 0.05) is 23.0 Å². The summed E-state index contributed by atoms with van der Waals surface area (Å²) in [4.78, 5) is 4.75. The predicted molar refractivity (Wildman–Crippen MR) is 86.6 cm³/mol. The Labute approximate surface area is 126 Å². The van der Waals surface area contributed by atoms with Gasteiger partial charge < -0.3 is 10.6 Å². The summed E-state index contributed by atoms with van der Waals surface area (Å²) >= 11 is 6.10. The molecule has 1 aliphatic rings. The highest BCUT2D eigenvalue weighted by atomic mass is 35.5. The number of hydrogen-bond donors (Lipinski definition) is 2. The summed E-state index contributed by atoms with van der Waals surface area (Å²) in [6.45, 7) is 8.02. The average molecular weight is 294 g/mol. The first kappa shape index (κ1) is 15.2. The van der Waals surface area contributed by atoms with E-state index in [1.807, 2.05) is 12.1 Å². The van der Waals surface area contributed by atoms with Crippen LogP contribution in [0.2, 0.25) is 5.02 Å². The van der Waals surface area contributed by atoms with Crippen molar-refractivity contribution in [2.75, 3.05) is 13.1 Å². The molecule has 1 saturated carbocycles. The SMILES string of the molecule is CCNC(=NCC1(c2cccc(Cl)c2)CC1)NC(C)C. The van der Waals surface area contributed by atoms with E-state index in [4.69, 9.17) is 16.6 Å². The van der Waals surface area contributed by atoms with Crippen LogP contribution < -0.4 is 10.6 Å². The lowest BCUT2D eigenvalue weighted by Gasteiger charge is -2.17. The molecule has 0 radical (unpaired) electrons. The van der Waals surface area contributed by atoms with Gasteiger partial charge in [-0.05, 0) is 51.3 Å². The quantitative estimate of drug-likeness (QED) is 0.645. The van der Waals surface area contributed by atoms with Crippen molar-refractivity contribution in [3.8, 4) is 0 Å². The maximum atomic E-state index is 6.10. The molecule has 0 heterocycles. The van der Waals surface area contributed by atoms with Crippen LogP contribution in [0.4, 0.5) is 0 Å². The maximum absolute atomic E-state index is 6.10. The third kappa shape index (κ3) is 3.89. The fraction of sp³-hybridized carbons (Fsp3) is 0.562. The molecule has 0 spiro atoms. The summed E-state index contributed by atoms with van der Waals surface area (Å²) in [7, 11) is 0. The van der Waals surface area contributed by atoms with E-state index in [2.05, 4.69) is 43.5 Å². The monoisotopic (exact) mass is 293 g/mol. The Bertz CT molecular complexity index is 478. The van der Waals surface area contributed by atoms with Crippen molar-refractivity contribution in [2.45, 2.75) is 45.1 Å². The molecule has 2 N–H and O–H groups in total. The van der Waals surface area contributed by atoms with Crippen molar-refractivity contribution in [1.82, 2.24) is 10.6 Å². The Hall–Kier alpha value is -1.22. The zero-order valence-electron chi connectivity index (χ0n) is 12.5. The zero-order valence-corrected chi connectivity index (χ0v) is 13.3. The third-order valence-electron chi connectivity index (χ3n) is 3.60. The highest BCUT2D eigenvalue weighted by Crippen LogP contribution is 2.48. The Morgan fingerprint density at radius 2 is 2.15 bits per heavy atom. The summed E-state index contributed by atoms with van der Waals surface area (Å²) in [5.41, 5.74) is 1.51. The van der Waals surface area contributed by atoms with Gasteiger partial charge in [0.25, 0.3) is 0 Å². The minimum Gasteiger partial charge on any atom is -0.357 e. The van der Waals surface area contributed by atoms with Crippen LogP contribution in [0.15, 0.2) is 29.3 Å². The van der Waals surface area contributed by atoms with Crippen molar-refractivity contribution in [2.24, 2.45) is 4.99 Å². The number of halogens is 1. The van der Waals surface area contributed by atoms with Crippen LogP contribution in [0, 0.1) is 0 Å². The molecule has 0 aliphatic heterocycles. The van der Waals surface area contributed by atoms with Crippen LogP contribution in [-0.4, -0.2) is 25.1 Å². The molecule has 1 fully saturated rings. The van der Waals surface area contributed by atoms with E-state index < -0.39 is 0 Å². The molecule has 3 nitrogen and oxygen atoms in total. The van der Waals surface area contributed by atoms with Gasteiger partial charge in [-0.15, -0.1) is 0 Å². The molecule has 2 rings (SSSR count). The number of rotatable bonds is 5. The van der Waals surface area contributed by atoms with E-state index in [9.17, 15) is 0 Å². The van der Waals surface area contributed by atoms with Gasteiger partial charge in [0.15, 0.2) is 5.96 Å². The second-order valence-corrected chi connectivity index (χ2v) is 6.22. The lowest BCUT2D eigenvalue weighted by atomic mass is 9.96. The topological polar surface area (TPSA) is 36.4 Å². The minimum absolute atomic E-state index is 0.199. The van der Waals surface area contributed by atoms with Gasteiger partial charge in [-0.1, -0.05) is 23.7 Å². The van der Waals surface area contributed by atoms with Gasteiger partial charge >= 0.3 is 0 Å². The first-order valence-corrected chi connectivity index (χ1v) is 7.74. The Morgan fingerprint density at radius 3 is 2.70 bits per heavy atom. The van der Waals surface area contributed by atoms with Crippen LogP contribution in [0.5, 0.6) is 0 Å². The van der Waals surface area contributed by atoms with E-state index in [-0.39, 0.29) is 5.41 Å². The predicted octanol–water partition coefficient (Wildman–Crippen LogP) is 3.34. The highest BCUT2D eigenvalue weighted by Gasteiger charge is 2.44. The van der Waals surface area contributed by atoms with E-state index in [1.165, 1.54) is 18.4 Å². The number of benzene rings is 1. The van der Waals surface area contributed by atoms with E-state index in [1.54, 1.807) is 0 Å². The molecule has 1 aromatic carbocycles. The average Bonchev–Trinajstić information content (AvgIpc) is 3.17.